The highest BCUT2D eigenvalue weighted by Gasteiger charge is 2.51. The third kappa shape index (κ3) is 6.89. The Morgan fingerprint density at radius 3 is 1.66 bits per heavy atom. The van der Waals surface area contributed by atoms with Crippen LogP contribution in [0.5, 0.6) is 0 Å². The molecule has 0 heterocycles. The van der Waals surface area contributed by atoms with E-state index in [2.05, 4.69) is 67.7 Å². The van der Waals surface area contributed by atoms with E-state index >= 15 is 0 Å². The summed E-state index contributed by atoms with van der Waals surface area (Å²) in [6.45, 7) is 24.4. The Kier molecular flexibility index (Phi) is 8.79. The number of rotatable bonds is 8. The Bertz CT molecular complexity index is 548. The molecule has 1 rings (SSSR count). The van der Waals surface area contributed by atoms with Crippen LogP contribution in [0.1, 0.15) is 61.3 Å². The van der Waals surface area contributed by atoms with Gasteiger partial charge in [0, 0.05) is 19.4 Å². The smallest absolute Gasteiger partial charge is 0.302 e. The average Bonchev–Trinajstić information content (AvgIpc) is 2.79. The van der Waals surface area contributed by atoms with E-state index < -0.39 is 16.6 Å². The highest BCUT2D eigenvalue weighted by molar-refractivity contribution is 6.74. The molecule has 1 saturated carbocycles. The third-order valence-electron chi connectivity index (χ3n) is 7.44. The van der Waals surface area contributed by atoms with E-state index in [9.17, 15) is 9.90 Å². The predicted octanol–water partition coefficient (Wildman–Crippen LogP) is 5.35. The summed E-state index contributed by atoms with van der Waals surface area (Å²) in [4.78, 5) is 11.3. The number of aliphatic hydroxyl groups excluding tert-OH is 1. The number of carbonyl (C=O) groups is 1. The quantitative estimate of drug-likeness (QED) is 0.402. The Morgan fingerprint density at radius 1 is 0.897 bits per heavy atom. The van der Waals surface area contributed by atoms with E-state index in [0.29, 0.717) is 13.0 Å². The van der Waals surface area contributed by atoms with Crippen molar-refractivity contribution in [1.29, 1.82) is 0 Å². The molecule has 0 saturated heterocycles. The maximum absolute atomic E-state index is 11.3. The van der Waals surface area contributed by atoms with Gasteiger partial charge < -0.3 is 18.7 Å². The molecule has 0 unspecified atom stereocenters. The number of hydrogen-bond donors (Lipinski definition) is 1. The molecule has 1 fully saturated rings. The number of aliphatic hydroxyl groups is 1. The van der Waals surface area contributed by atoms with Crippen molar-refractivity contribution in [2.45, 2.75) is 110 Å². The maximum Gasteiger partial charge on any atom is 0.302 e. The molecule has 0 radical (unpaired) electrons. The van der Waals surface area contributed by atoms with E-state index in [-0.39, 0.29) is 46.7 Å². The van der Waals surface area contributed by atoms with Crippen LogP contribution in [-0.2, 0) is 18.4 Å². The van der Waals surface area contributed by atoms with Gasteiger partial charge in [-0.3, -0.25) is 4.79 Å². The largest absolute Gasteiger partial charge is 0.466 e. The van der Waals surface area contributed by atoms with Crippen molar-refractivity contribution in [1.82, 2.24) is 0 Å². The minimum Gasteiger partial charge on any atom is -0.466 e. The first-order valence-electron chi connectivity index (χ1n) is 11.0. The van der Waals surface area contributed by atoms with Gasteiger partial charge in [0.05, 0.1) is 18.8 Å². The highest BCUT2D eigenvalue weighted by atomic mass is 28.4. The van der Waals surface area contributed by atoms with Crippen molar-refractivity contribution in [2.75, 3.05) is 13.2 Å². The minimum absolute atomic E-state index is 0.00875. The topological polar surface area (TPSA) is 65.0 Å². The Morgan fingerprint density at radius 2 is 1.31 bits per heavy atom. The first-order valence-corrected chi connectivity index (χ1v) is 16.8. The van der Waals surface area contributed by atoms with Gasteiger partial charge >= 0.3 is 5.97 Å². The van der Waals surface area contributed by atoms with Crippen LogP contribution in [0.2, 0.25) is 36.3 Å². The maximum atomic E-state index is 11.3. The molecule has 0 bridgehead atoms. The third-order valence-corrected chi connectivity index (χ3v) is 16.5. The number of hydrogen-bond acceptors (Lipinski definition) is 5. The number of ether oxygens (including phenoxy) is 1. The van der Waals surface area contributed by atoms with Gasteiger partial charge in [0.1, 0.15) is 0 Å². The van der Waals surface area contributed by atoms with E-state index in [1.807, 2.05) is 0 Å². The molecular weight excluding hydrogens is 400 g/mol. The summed E-state index contributed by atoms with van der Waals surface area (Å²) >= 11 is 0. The van der Waals surface area contributed by atoms with Gasteiger partial charge in [0.25, 0.3) is 0 Å². The molecular formula is C22H46O5Si2. The van der Waals surface area contributed by atoms with Gasteiger partial charge in [0.15, 0.2) is 16.6 Å². The second kappa shape index (κ2) is 9.51. The molecule has 0 spiro atoms. The number of esters is 1. The molecule has 0 amide bonds. The van der Waals surface area contributed by atoms with Crippen molar-refractivity contribution in [2.24, 2.45) is 11.8 Å². The van der Waals surface area contributed by atoms with Crippen LogP contribution in [-0.4, -0.2) is 53.1 Å². The zero-order valence-corrected chi connectivity index (χ0v) is 22.7. The lowest BCUT2D eigenvalue weighted by Gasteiger charge is -2.40. The van der Waals surface area contributed by atoms with Crippen LogP contribution in [0, 0.1) is 11.8 Å². The van der Waals surface area contributed by atoms with Crippen molar-refractivity contribution in [3.8, 4) is 0 Å². The Hall–Kier alpha value is -0.216. The van der Waals surface area contributed by atoms with Gasteiger partial charge in [-0.25, -0.2) is 0 Å². The fraction of sp³-hybridized carbons (Fsp3) is 0.955. The average molecular weight is 447 g/mol. The molecule has 29 heavy (non-hydrogen) atoms. The summed E-state index contributed by atoms with van der Waals surface area (Å²) in [5.74, 6) is -0.128. The predicted molar refractivity (Wildman–Crippen MR) is 124 cm³/mol. The first kappa shape index (κ1) is 26.8. The molecule has 4 atom stereocenters. The zero-order chi connectivity index (χ0) is 22.8. The summed E-state index contributed by atoms with van der Waals surface area (Å²) in [5, 5.41) is 10.5. The van der Waals surface area contributed by atoms with E-state index in [0.717, 1.165) is 6.42 Å². The molecule has 0 aliphatic heterocycles. The SMILES string of the molecule is CC(=O)OCC[C@@H]1[C@H](CO)[C@@H](O[Si](C)(C)C(C)(C)C)C[C@H]1O[Si](C)(C)C(C)(C)C. The van der Waals surface area contributed by atoms with Crippen molar-refractivity contribution < 1.29 is 23.5 Å². The monoisotopic (exact) mass is 446 g/mol. The lowest BCUT2D eigenvalue weighted by Crippen LogP contribution is -2.45. The van der Waals surface area contributed by atoms with Gasteiger partial charge in [-0.15, -0.1) is 0 Å². The molecule has 7 heteroatoms. The Balaban J connectivity index is 3.11. The number of carbonyl (C=O) groups excluding carboxylic acids is 1. The highest BCUT2D eigenvalue weighted by Crippen LogP contribution is 2.47. The summed E-state index contributed by atoms with van der Waals surface area (Å²) in [6.07, 6.45) is 1.51. The van der Waals surface area contributed by atoms with Crippen molar-refractivity contribution in [3.63, 3.8) is 0 Å². The second-order valence-electron chi connectivity index (χ2n) is 11.7. The minimum atomic E-state index is -1.97. The summed E-state index contributed by atoms with van der Waals surface area (Å²) in [7, 11) is -3.95. The Labute approximate surface area is 181 Å². The van der Waals surface area contributed by atoms with E-state index in [1.54, 1.807) is 0 Å². The molecule has 5 nitrogen and oxygen atoms in total. The summed E-state index contributed by atoms with van der Waals surface area (Å²) < 4.78 is 18.8. The standard InChI is InChI=1S/C22H46O5Si2/c1-16(24)25-13-12-17-18(15-23)20(27-29(10,11)22(5,6)7)14-19(17)26-28(8,9)21(2,3)4/h17-20,23H,12-15H2,1-11H3/t17-,18+,19-,20+/m1/s1. The fourth-order valence-electron chi connectivity index (χ4n) is 3.50. The van der Waals surface area contributed by atoms with Crippen LogP contribution in [0.3, 0.4) is 0 Å². The van der Waals surface area contributed by atoms with Crippen LogP contribution < -0.4 is 0 Å². The lowest BCUT2D eigenvalue weighted by atomic mass is 9.92. The molecule has 1 aliphatic carbocycles. The van der Waals surface area contributed by atoms with Gasteiger partial charge in [-0.2, -0.15) is 0 Å². The molecule has 0 aromatic rings. The first-order chi connectivity index (χ1) is 12.9. The second-order valence-corrected chi connectivity index (χ2v) is 21.2. The summed E-state index contributed by atoms with van der Waals surface area (Å²) in [5.41, 5.74) is 0. The van der Waals surface area contributed by atoms with Crippen molar-refractivity contribution in [3.05, 3.63) is 0 Å². The molecule has 172 valence electrons. The summed E-state index contributed by atoms with van der Waals surface area (Å²) in [6, 6.07) is 0. The lowest BCUT2D eigenvalue weighted by molar-refractivity contribution is -0.141. The molecule has 1 N–H and O–H groups in total. The molecule has 1 aliphatic rings. The fourth-order valence-corrected chi connectivity index (χ4v) is 6.27. The van der Waals surface area contributed by atoms with Gasteiger partial charge in [0.2, 0.25) is 0 Å². The van der Waals surface area contributed by atoms with E-state index in [4.69, 9.17) is 13.6 Å². The van der Waals surface area contributed by atoms with Crippen molar-refractivity contribution >= 4 is 22.6 Å². The molecule has 0 aromatic heterocycles. The van der Waals surface area contributed by atoms with Gasteiger partial charge in [-0.05, 0) is 55.0 Å². The normalized spacial score (nSPS) is 26.6. The zero-order valence-electron chi connectivity index (χ0n) is 20.7. The van der Waals surface area contributed by atoms with Crippen LogP contribution >= 0.6 is 0 Å². The van der Waals surface area contributed by atoms with E-state index in [1.165, 1.54) is 6.92 Å². The van der Waals surface area contributed by atoms with Crippen LogP contribution in [0.25, 0.3) is 0 Å². The molecule has 0 aromatic carbocycles. The van der Waals surface area contributed by atoms with Gasteiger partial charge in [-0.1, -0.05) is 41.5 Å². The van der Waals surface area contributed by atoms with Crippen LogP contribution in [0.4, 0.5) is 0 Å². The van der Waals surface area contributed by atoms with Crippen LogP contribution in [0.15, 0.2) is 0 Å².